The zero-order chi connectivity index (χ0) is 14.6. The molecule has 1 amide bonds. The molecule has 2 rings (SSSR count). The minimum absolute atomic E-state index is 0.133. The Morgan fingerprint density at radius 2 is 2.25 bits per heavy atom. The molecule has 112 valence electrons. The van der Waals surface area contributed by atoms with E-state index in [2.05, 4.69) is 17.3 Å². The SMILES string of the molecule is CC1CCC(CN)(C(=O)NCCc2ccnn2C)CC1. The first-order valence-corrected chi connectivity index (χ1v) is 7.53. The van der Waals surface area contributed by atoms with Crippen molar-refractivity contribution in [2.24, 2.45) is 24.1 Å². The molecule has 1 fully saturated rings. The summed E-state index contributed by atoms with van der Waals surface area (Å²) in [6.07, 6.45) is 6.63. The van der Waals surface area contributed by atoms with Crippen molar-refractivity contribution in [3.63, 3.8) is 0 Å². The second kappa shape index (κ2) is 6.39. The summed E-state index contributed by atoms with van der Waals surface area (Å²) in [5, 5.41) is 7.19. The van der Waals surface area contributed by atoms with Crippen molar-refractivity contribution >= 4 is 5.91 Å². The van der Waals surface area contributed by atoms with Crippen molar-refractivity contribution in [1.82, 2.24) is 15.1 Å². The molecule has 1 saturated carbocycles. The molecular formula is C15H26N4O. The Balaban J connectivity index is 1.85. The van der Waals surface area contributed by atoms with E-state index in [9.17, 15) is 4.79 Å². The van der Waals surface area contributed by atoms with E-state index in [0.29, 0.717) is 13.1 Å². The van der Waals surface area contributed by atoms with Crippen molar-refractivity contribution in [3.8, 4) is 0 Å². The van der Waals surface area contributed by atoms with Crippen LogP contribution in [-0.4, -0.2) is 28.8 Å². The van der Waals surface area contributed by atoms with Gasteiger partial charge >= 0.3 is 0 Å². The summed E-state index contributed by atoms with van der Waals surface area (Å²) in [7, 11) is 1.92. The van der Waals surface area contributed by atoms with Gasteiger partial charge in [0, 0.05) is 38.4 Å². The average Bonchev–Trinajstić information content (AvgIpc) is 2.85. The Bertz CT molecular complexity index is 446. The molecule has 1 aromatic rings. The van der Waals surface area contributed by atoms with Gasteiger partial charge in [0.05, 0.1) is 5.41 Å². The van der Waals surface area contributed by atoms with Crippen LogP contribution in [0.1, 0.15) is 38.3 Å². The Labute approximate surface area is 120 Å². The Hall–Kier alpha value is -1.36. The number of amides is 1. The Kier molecular flexibility index (Phi) is 4.81. The first-order chi connectivity index (χ1) is 9.57. The summed E-state index contributed by atoms with van der Waals surface area (Å²) in [4.78, 5) is 12.5. The number of aromatic nitrogens is 2. The fraction of sp³-hybridized carbons (Fsp3) is 0.733. The second-order valence-electron chi connectivity index (χ2n) is 6.12. The highest BCUT2D eigenvalue weighted by Crippen LogP contribution is 2.38. The molecule has 1 aromatic heterocycles. The van der Waals surface area contributed by atoms with Gasteiger partial charge in [0.15, 0.2) is 0 Å². The van der Waals surface area contributed by atoms with Crippen molar-refractivity contribution in [1.29, 1.82) is 0 Å². The first kappa shape index (κ1) is 15.0. The molecule has 20 heavy (non-hydrogen) atoms. The van der Waals surface area contributed by atoms with Gasteiger partial charge in [0.25, 0.3) is 0 Å². The lowest BCUT2D eigenvalue weighted by molar-refractivity contribution is -0.132. The average molecular weight is 278 g/mol. The third kappa shape index (κ3) is 3.20. The van der Waals surface area contributed by atoms with Crippen LogP contribution in [0.4, 0.5) is 0 Å². The smallest absolute Gasteiger partial charge is 0.227 e. The Morgan fingerprint density at radius 3 is 2.80 bits per heavy atom. The monoisotopic (exact) mass is 278 g/mol. The number of hydrogen-bond acceptors (Lipinski definition) is 3. The Morgan fingerprint density at radius 1 is 1.55 bits per heavy atom. The molecule has 3 N–H and O–H groups in total. The molecule has 0 spiro atoms. The van der Waals surface area contributed by atoms with E-state index in [0.717, 1.165) is 43.7 Å². The van der Waals surface area contributed by atoms with E-state index in [-0.39, 0.29) is 11.3 Å². The summed E-state index contributed by atoms with van der Waals surface area (Å²) in [6.45, 7) is 3.35. The molecule has 1 aliphatic rings. The number of nitrogens with two attached hydrogens (primary N) is 1. The lowest BCUT2D eigenvalue weighted by Gasteiger charge is -2.37. The zero-order valence-corrected chi connectivity index (χ0v) is 12.6. The topological polar surface area (TPSA) is 72.9 Å². The molecule has 1 heterocycles. The van der Waals surface area contributed by atoms with Crippen molar-refractivity contribution in [2.45, 2.75) is 39.0 Å². The number of carbonyl (C=O) groups excluding carboxylic acids is 1. The van der Waals surface area contributed by atoms with Gasteiger partial charge < -0.3 is 11.1 Å². The molecule has 0 radical (unpaired) electrons. The van der Waals surface area contributed by atoms with Gasteiger partial charge in [-0.1, -0.05) is 6.92 Å². The minimum atomic E-state index is -0.334. The van der Waals surface area contributed by atoms with Crippen LogP contribution in [0.2, 0.25) is 0 Å². The molecule has 0 unspecified atom stereocenters. The van der Waals surface area contributed by atoms with Gasteiger partial charge in [-0.3, -0.25) is 9.48 Å². The zero-order valence-electron chi connectivity index (χ0n) is 12.6. The summed E-state index contributed by atoms with van der Waals surface area (Å²) in [5.41, 5.74) is 6.69. The van der Waals surface area contributed by atoms with Gasteiger partial charge in [0.2, 0.25) is 5.91 Å². The third-order valence-corrected chi connectivity index (χ3v) is 4.69. The highest BCUT2D eigenvalue weighted by Gasteiger charge is 2.39. The number of hydrogen-bond donors (Lipinski definition) is 2. The van der Waals surface area contributed by atoms with Gasteiger partial charge in [-0.2, -0.15) is 5.10 Å². The summed E-state index contributed by atoms with van der Waals surface area (Å²) >= 11 is 0. The van der Waals surface area contributed by atoms with Crippen LogP contribution in [0.15, 0.2) is 12.3 Å². The van der Waals surface area contributed by atoms with E-state index in [4.69, 9.17) is 5.73 Å². The van der Waals surface area contributed by atoms with E-state index < -0.39 is 0 Å². The molecule has 5 nitrogen and oxygen atoms in total. The number of nitrogens with one attached hydrogen (secondary N) is 1. The maximum Gasteiger partial charge on any atom is 0.227 e. The predicted octanol–water partition coefficient (Wildman–Crippen LogP) is 1.23. The highest BCUT2D eigenvalue weighted by molar-refractivity contribution is 5.83. The summed E-state index contributed by atoms with van der Waals surface area (Å²) in [6, 6.07) is 1.98. The van der Waals surface area contributed by atoms with E-state index in [1.165, 1.54) is 0 Å². The normalized spacial score (nSPS) is 26.4. The highest BCUT2D eigenvalue weighted by atomic mass is 16.2. The van der Waals surface area contributed by atoms with Crippen LogP contribution in [-0.2, 0) is 18.3 Å². The predicted molar refractivity (Wildman–Crippen MR) is 79.0 cm³/mol. The largest absolute Gasteiger partial charge is 0.355 e. The fourth-order valence-corrected chi connectivity index (χ4v) is 2.98. The lowest BCUT2D eigenvalue weighted by Crippen LogP contribution is -2.48. The molecule has 1 aliphatic carbocycles. The minimum Gasteiger partial charge on any atom is -0.355 e. The maximum absolute atomic E-state index is 12.5. The maximum atomic E-state index is 12.5. The van der Waals surface area contributed by atoms with E-state index in [1.807, 2.05) is 17.8 Å². The van der Waals surface area contributed by atoms with Crippen LogP contribution in [0, 0.1) is 11.3 Å². The van der Waals surface area contributed by atoms with Crippen LogP contribution in [0.5, 0.6) is 0 Å². The van der Waals surface area contributed by atoms with E-state index in [1.54, 1.807) is 6.20 Å². The van der Waals surface area contributed by atoms with Crippen molar-refractivity contribution in [3.05, 3.63) is 18.0 Å². The molecule has 0 aromatic carbocycles. The lowest BCUT2D eigenvalue weighted by atomic mass is 9.70. The number of carbonyl (C=O) groups is 1. The number of nitrogens with zero attached hydrogens (tertiary/aromatic N) is 2. The van der Waals surface area contributed by atoms with Crippen molar-refractivity contribution in [2.75, 3.05) is 13.1 Å². The molecule has 0 atom stereocenters. The summed E-state index contributed by atoms with van der Waals surface area (Å²) < 4.78 is 1.84. The molecule has 5 heteroatoms. The summed E-state index contributed by atoms with van der Waals surface area (Å²) in [5.74, 6) is 0.853. The van der Waals surface area contributed by atoms with E-state index >= 15 is 0 Å². The van der Waals surface area contributed by atoms with Crippen LogP contribution < -0.4 is 11.1 Å². The first-order valence-electron chi connectivity index (χ1n) is 7.53. The van der Waals surface area contributed by atoms with Crippen LogP contribution in [0.3, 0.4) is 0 Å². The number of rotatable bonds is 5. The molecule has 0 bridgehead atoms. The third-order valence-electron chi connectivity index (χ3n) is 4.69. The molecule has 0 aliphatic heterocycles. The molecular weight excluding hydrogens is 252 g/mol. The van der Waals surface area contributed by atoms with Gasteiger partial charge in [-0.25, -0.2) is 0 Å². The van der Waals surface area contributed by atoms with Gasteiger partial charge in [0.1, 0.15) is 0 Å². The van der Waals surface area contributed by atoms with Crippen LogP contribution >= 0.6 is 0 Å². The van der Waals surface area contributed by atoms with Gasteiger partial charge in [-0.05, 0) is 37.7 Å². The second-order valence-corrected chi connectivity index (χ2v) is 6.12. The standard InChI is InChI=1S/C15H26N4O/c1-12-3-7-15(11-16,8-4-12)14(20)17-9-5-13-6-10-18-19(13)2/h6,10,12H,3-5,7-9,11,16H2,1-2H3,(H,17,20). The fourth-order valence-electron chi connectivity index (χ4n) is 2.98. The molecule has 0 saturated heterocycles. The number of aryl methyl sites for hydroxylation is 1. The van der Waals surface area contributed by atoms with Crippen molar-refractivity contribution < 1.29 is 4.79 Å². The van der Waals surface area contributed by atoms with Gasteiger partial charge in [-0.15, -0.1) is 0 Å². The van der Waals surface area contributed by atoms with Crippen LogP contribution in [0.25, 0.3) is 0 Å². The quantitative estimate of drug-likeness (QED) is 0.851.